The molecule has 118 valence electrons. The molecular formula is C15H19N3O3S. The van der Waals surface area contributed by atoms with Gasteiger partial charge in [0.2, 0.25) is 0 Å². The molecule has 1 aliphatic rings. The summed E-state index contributed by atoms with van der Waals surface area (Å²) in [5.41, 5.74) is -0.400. The third kappa shape index (κ3) is 4.21. The summed E-state index contributed by atoms with van der Waals surface area (Å²) >= 11 is 1.37. The van der Waals surface area contributed by atoms with Crippen LogP contribution in [0.3, 0.4) is 0 Å². The average Bonchev–Trinajstić information content (AvgIpc) is 2.98. The highest BCUT2D eigenvalue weighted by atomic mass is 32.1. The maximum Gasteiger partial charge on any atom is 0.408 e. The summed E-state index contributed by atoms with van der Waals surface area (Å²) < 4.78 is 5.20. The zero-order valence-corrected chi connectivity index (χ0v) is 13.7. The first-order chi connectivity index (χ1) is 10.3. The van der Waals surface area contributed by atoms with Crippen molar-refractivity contribution in [2.75, 3.05) is 6.54 Å². The highest BCUT2D eigenvalue weighted by molar-refractivity contribution is 7.12. The molecule has 6 nitrogen and oxygen atoms in total. The van der Waals surface area contributed by atoms with Gasteiger partial charge in [0.15, 0.2) is 6.10 Å². The molecule has 2 heterocycles. The zero-order chi connectivity index (χ0) is 16.3. The molecule has 2 rings (SSSR count). The summed E-state index contributed by atoms with van der Waals surface area (Å²) in [5, 5.41) is 11.5. The number of hydrogen-bond donors (Lipinski definition) is 1. The van der Waals surface area contributed by atoms with Crippen LogP contribution in [0.5, 0.6) is 0 Å². The summed E-state index contributed by atoms with van der Waals surface area (Å²) in [7, 11) is 0. The highest BCUT2D eigenvalue weighted by Crippen LogP contribution is 2.22. The molecule has 1 saturated heterocycles. The molecule has 1 atom stereocenters. The molecular weight excluding hydrogens is 302 g/mol. The van der Waals surface area contributed by atoms with Crippen molar-refractivity contribution in [3.8, 4) is 6.07 Å². The van der Waals surface area contributed by atoms with E-state index in [2.05, 4.69) is 11.4 Å². The Kier molecular flexibility index (Phi) is 4.71. The summed E-state index contributed by atoms with van der Waals surface area (Å²) in [6, 6.07) is 5.66. The Bertz CT molecular complexity index is 612. The van der Waals surface area contributed by atoms with Gasteiger partial charge in [0.05, 0.1) is 6.54 Å². The minimum Gasteiger partial charge on any atom is -0.436 e. The summed E-state index contributed by atoms with van der Waals surface area (Å²) in [4.78, 5) is 27.2. The lowest BCUT2D eigenvalue weighted by atomic mass is 10.1. The zero-order valence-electron chi connectivity index (χ0n) is 12.9. The van der Waals surface area contributed by atoms with E-state index in [1.54, 1.807) is 11.0 Å². The molecule has 1 unspecified atom stereocenters. The van der Waals surface area contributed by atoms with Gasteiger partial charge in [-0.25, -0.2) is 4.79 Å². The van der Waals surface area contributed by atoms with E-state index in [9.17, 15) is 9.59 Å². The van der Waals surface area contributed by atoms with Gasteiger partial charge in [0, 0.05) is 23.4 Å². The lowest BCUT2D eigenvalue weighted by Gasteiger charge is -2.21. The van der Waals surface area contributed by atoms with Crippen LogP contribution in [0.4, 0.5) is 4.79 Å². The third-order valence-electron chi connectivity index (χ3n) is 3.09. The quantitative estimate of drug-likeness (QED) is 0.925. The summed E-state index contributed by atoms with van der Waals surface area (Å²) in [6.45, 7) is 6.54. The molecule has 0 saturated carbocycles. The van der Waals surface area contributed by atoms with Crippen molar-refractivity contribution in [1.82, 2.24) is 10.2 Å². The number of nitrogens with one attached hydrogen (secondary N) is 1. The number of hydrogen-bond acceptors (Lipinski definition) is 5. The number of thiophene rings is 1. The van der Waals surface area contributed by atoms with Crippen LogP contribution in [-0.2, 0) is 16.1 Å². The van der Waals surface area contributed by atoms with Crippen LogP contribution >= 0.6 is 11.3 Å². The molecule has 1 aliphatic heterocycles. The van der Waals surface area contributed by atoms with Crippen LogP contribution in [-0.4, -0.2) is 35.1 Å². The Morgan fingerprint density at radius 1 is 1.55 bits per heavy atom. The number of amides is 2. The van der Waals surface area contributed by atoms with Gasteiger partial charge in [0.1, 0.15) is 10.9 Å². The predicted octanol–water partition coefficient (Wildman–Crippen LogP) is 2.25. The Morgan fingerprint density at radius 3 is 2.86 bits per heavy atom. The van der Waals surface area contributed by atoms with E-state index >= 15 is 0 Å². The van der Waals surface area contributed by atoms with Crippen molar-refractivity contribution in [1.29, 1.82) is 5.26 Å². The Labute approximate surface area is 133 Å². The van der Waals surface area contributed by atoms with E-state index in [1.165, 1.54) is 11.3 Å². The number of likely N-dealkylation sites (tertiary alicyclic amines) is 1. The van der Waals surface area contributed by atoms with Gasteiger partial charge < -0.3 is 15.0 Å². The molecule has 1 fully saturated rings. The monoisotopic (exact) mass is 321 g/mol. The van der Waals surface area contributed by atoms with E-state index in [4.69, 9.17) is 10.00 Å². The number of rotatable bonds is 3. The standard InChI is InChI=1S/C15H19N3O3S/c1-15(2,3)17-14(20)21-12-6-7-18(13(12)19)9-11-5-4-10(8-16)22-11/h4-5,12H,6-7,9H2,1-3H3,(H,17,20). The van der Waals surface area contributed by atoms with Crippen LogP contribution in [0.25, 0.3) is 0 Å². The number of ether oxygens (including phenoxy) is 1. The van der Waals surface area contributed by atoms with Crippen molar-refractivity contribution in [3.05, 3.63) is 21.9 Å². The Balaban J connectivity index is 1.89. The Hall–Kier alpha value is -2.07. The first kappa shape index (κ1) is 16.3. The summed E-state index contributed by atoms with van der Waals surface area (Å²) in [5.74, 6) is -0.184. The van der Waals surface area contributed by atoms with Gasteiger partial charge >= 0.3 is 6.09 Å². The van der Waals surface area contributed by atoms with Gasteiger partial charge in [-0.05, 0) is 32.9 Å². The molecule has 0 spiro atoms. The maximum absolute atomic E-state index is 12.2. The number of carbonyl (C=O) groups is 2. The van der Waals surface area contributed by atoms with E-state index in [1.807, 2.05) is 26.8 Å². The average molecular weight is 321 g/mol. The van der Waals surface area contributed by atoms with E-state index < -0.39 is 17.7 Å². The molecule has 1 aromatic rings. The highest BCUT2D eigenvalue weighted by Gasteiger charge is 2.35. The minimum atomic E-state index is -0.724. The van der Waals surface area contributed by atoms with Crippen molar-refractivity contribution in [2.45, 2.75) is 45.4 Å². The number of nitriles is 1. The first-order valence-electron chi connectivity index (χ1n) is 7.05. The van der Waals surface area contributed by atoms with Crippen molar-refractivity contribution < 1.29 is 14.3 Å². The second-order valence-corrected chi connectivity index (χ2v) is 7.36. The van der Waals surface area contributed by atoms with Crippen LogP contribution < -0.4 is 5.32 Å². The molecule has 2 amide bonds. The van der Waals surface area contributed by atoms with Crippen LogP contribution in [0.15, 0.2) is 12.1 Å². The van der Waals surface area contributed by atoms with E-state index in [0.29, 0.717) is 24.4 Å². The smallest absolute Gasteiger partial charge is 0.408 e. The minimum absolute atomic E-state index is 0.184. The second-order valence-electron chi connectivity index (χ2n) is 6.20. The topological polar surface area (TPSA) is 82.4 Å². The Morgan fingerprint density at radius 2 is 2.27 bits per heavy atom. The molecule has 0 aliphatic carbocycles. The van der Waals surface area contributed by atoms with Crippen LogP contribution in [0, 0.1) is 11.3 Å². The lowest BCUT2D eigenvalue weighted by Crippen LogP contribution is -2.43. The second kappa shape index (κ2) is 6.36. The van der Waals surface area contributed by atoms with Crippen LogP contribution in [0.1, 0.15) is 36.9 Å². The van der Waals surface area contributed by atoms with Gasteiger partial charge in [-0.15, -0.1) is 11.3 Å². The van der Waals surface area contributed by atoms with E-state index in [-0.39, 0.29) is 5.91 Å². The SMILES string of the molecule is CC(C)(C)NC(=O)OC1CCN(Cc2ccc(C#N)s2)C1=O. The number of carbonyl (C=O) groups excluding carboxylic acids is 2. The van der Waals surface area contributed by atoms with Crippen molar-refractivity contribution in [3.63, 3.8) is 0 Å². The molecule has 0 radical (unpaired) electrons. The molecule has 7 heteroatoms. The van der Waals surface area contributed by atoms with Gasteiger partial charge in [-0.2, -0.15) is 5.26 Å². The van der Waals surface area contributed by atoms with Crippen molar-refractivity contribution in [2.24, 2.45) is 0 Å². The molecule has 1 aromatic heterocycles. The van der Waals surface area contributed by atoms with Crippen LogP contribution in [0.2, 0.25) is 0 Å². The van der Waals surface area contributed by atoms with Gasteiger partial charge in [-0.1, -0.05) is 0 Å². The molecule has 0 bridgehead atoms. The largest absolute Gasteiger partial charge is 0.436 e. The fourth-order valence-corrected chi connectivity index (χ4v) is 2.97. The lowest BCUT2D eigenvalue weighted by molar-refractivity contribution is -0.135. The number of alkyl carbamates (subject to hydrolysis) is 1. The normalized spacial score (nSPS) is 18.2. The third-order valence-corrected chi connectivity index (χ3v) is 4.07. The fraction of sp³-hybridized carbons (Fsp3) is 0.533. The maximum atomic E-state index is 12.2. The molecule has 1 N–H and O–H groups in total. The fourth-order valence-electron chi connectivity index (χ4n) is 2.15. The first-order valence-corrected chi connectivity index (χ1v) is 7.86. The summed E-state index contributed by atoms with van der Waals surface area (Å²) in [6.07, 6.45) is -0.805. The van der Waals surface area contributed by atoms with E-state index in [0.717, 1.165) is 4.88 Å². The van der Waals surface area contributed by atoms with Gasteiger partial charge in [0.25, 0.3) is 5.91 Å². The predicted molar refractivity (Wildman–Crippen MR) is 82.2 cm³/mol. The van der Waals surface area contributed by atoms with Crippen molar-refractivity contribution >= 4 is 23.3 Å². The number of nitrogens with zero attached hydrogens (tertiary/aromatic N) is 2. The molecule has 22 heavy (non-hydrogen) atoms. The van der Waals surface area contributed by atoms with Gasteiger partial charge in [-0.3, -0.25) is 4.79 Å². The molecule has 0 aromatic carbocycles.